The number of hydrogen-bond donors (Lipinski definition) is 4. The molecule has 0 bridgehead atoms. The summed E-state index contributed by atoms with van der Waals surface area (Å²) >= 11 is 0. The van der Waals surface area contributed by atoms with Gasteiger partial charge in [-0.1, -0.05) is 0 Å². The van der Waals surface area contributed by atoms with Crippen LogP contribution in [0.4, 0.5) is 0 Å². The van der Waals surface area contributed by atoms with Crippen LogP contribution in [0.25, 0.3) is 0 Å². The predicted molar refractivity (Wildman–Crippen MR) is 49.1 cm³/mol. The van der Waals surface area contributed by atoms with Crippen LogP contribution in [0.2, 0.25) is 0 Å². The number of carboxylic acid groups (broad SMARTS) is 1. The molecule has 0 spiro atoms. The van der Waals surface area contributed by atoms with E-state index in [1.807, 2.05) is 4.72 Å². The Morgan fingerprint density at radius 2 is 2.07 bits per heavy atom. The Bertz CT molecular complexity index is 287. The van der Waals surface area contributed by atoms with Crippen molar-refractivity contribution in [3.8, 4) is 0 Å². The van der Waals surface area contributed by atoms with Crippen molar-refractivity contribution >= 4 is 16.0 Å². The molecule has 0 aliphatic carbocycles. The minimum Gasteiger partial charge on any atom is -0.480 e. The summed E-state index contributed by atoms with van der Waals surface area (Å²) in [5, 5.41) is 17.1. The largest absolute Gasteiger partial charge is 0.480 e. The van der Waals surface area contributed by atoms with Gasteiger partial charge in [0.2, 0.25) is 10.0 Å². The average Bonchev–Trinajstić information content (AvgIpc) is 1.97. The Kier molecular flexibility index (Phi) is 4.99. The highest BCUT2D eigenvalue weighted by Crippen LogP contribution is 1.89. The van der Waals surface area contributed by atoms with Gasteiger partial charge in [0.05, 0.1) is 6.10 Å². The zero-order valence-corrected chi connectivity index (χ0v) is 8.49. The van der Waals surface area contributed by atoms with E-state index in [0.29, 0.717) is 0 Å². The molecule has 0 saturated heterocycles. The SMILES string of the molecule is CC(O)C(N)CNS(=O)(=O)CC(=O)O. The number of aliphatic hydroxyl groups excluding tert-OH is 1. The normalized spacial score (nSPS) is 16.2. The number of sulfonamides is 1. The Labute approximate surface area is 82.0 Å². The van der Waals surface area contributed by atoms with Gasteiger partial charge >= 0.3 is 5.97 Å². The Morgan fingerprint density at radius 1 is 1.57 bits per heavy atom. The summed E-state index contributed by atoms with van der Waals surface area (Å²) in [7, 11) is -3.85. The van der Waals surface area contributed by atoms with Crippen LogP contribution in [0.5, 0.6) is 0 Å². The number of hydrogen-bond acceptors (Lipinski definition) is 5. The molecule has 0 radical (unpaired) electrons. The Balaban J connectivity index is 4.06. The second kappa shape index (κ2) is 5.25. The zero-order chi connectivity index (χ0) is 11.4. The van der Waals surface area contributed by atoms with Crippen molar-refractivity contribution in [1.29, 1.82) is 0 Å². The summed E-state index contributed by atoms with van der Waals surface area (Å²) in [6, 6.07) is -0.751. The molecule has 7 nitrogen and oxygen atoms in total. The van der Waals surface area contributed by atoms with Crippen molar-refractivity contribution in [1.82, 2.24) is 4.72 Å². The average molecular weight is 226 g/mol. The summed E-state index contributed by atoms with van der Waals surface area (Å²) in [5.74, 6) is -2.44. The fraction of sp³-hybridized carbons (Fsp3) is 0.833. The van der Waals surface area contributed by atoms with Crippen LogP contribution in [0.15, 0.2) is 0 Å². The molecule has 0 amide bonds. The predicted octanol–water partition coefficient (Wildman–Crippen LogP) is -2.30. The number of aliphatic carboxylic acids is 1. The van der Waals surface area contributed by atoms with E-state index in [1.54, 1.807) is 0 Å². The van der Waals surface area contributed by atoms with Gasteiger partial charge in [-0.15, -0.1) is 0 Å². The lowest BCUT2D eigenvalue weighted by Crippen LogP contribution is -2.44. The third-order valence-corrected chi connectivity index (χ3v) is 2.71. The van der Waals surface area contributed by atoms with Gasteiger partial charge in [-0.05, 0) is 6.92 Å². The van der Waals surface area contributed by atoms with E-state index in [-0.39, 0.29) is 6.54 Å². The molecule has 14 heavy (non-hydrogen) atoms. The first-order valence-corrected chi connectivity index (χ1v) is 5.52. The molecule has 84 valence electrons. The maximum absolute atomic E-state index is 10.9. The van der Waals surface area contributed by atoms with E-state index in [1.165, 1.54) is 6.92 Å². The second-order valence-corrected chi connectivity index (χ2v) is 4.71. The third-order valence-electron chi connectivity index (χ3n) is 1.47. The van der Waals surface area contributed by atoms with Crippen molar-refractivity contribution in [2.24, 2.45) is 5.73 Å². The monoisotopic (exact) mass is 226 g/mol. The van der Waals surface area contributed by atoms with Crippen LogP contribution in [0.3, 0.4) is 0 Å². The molecule has 0 saturated carbocycles. The highest BCUT2D eigenvalue weighted by molar-refractivity contribution is 7.90. The van der Waals surface area contributed by atoms with Gasteiger partial charge in [-0.3, -0.25) is 4.79 Å². The molecule has 5 N–H and O–H groups in total. The minimum atomic E-state index is -3.85. The number of rotatable bonds is 6. The Hall–Kier alpha value is -0.700. The minimum absolute atomic E-state index is 0.187. The molecule has 0 heterocycles. The first-order chi connectivity index (χ1) is 6.24. The standard InChI is InChI=1S/C6H14N2O5S/c1-4(9)5(7)2-8-14(12,13)3-6(10)11/h4-5,8-9H,2-3,7H2,1H3,(H,10,11). The zero-order valence-electron chi connectivity index (χ0n) is 7.67. The molecule has 0 rings (SSSR count). The van der Waals surface area contributed by atoms with Crippen LogP contribution < -0.4 is 10.5 Å². The Morgan fingerprint density at radius 3 is 2.43 bits per heavy atom. The highest BCUT2D eigenvalue weighted by Gasteiger charge is 2.17. The van der Waals surface area contributed by atoms with Crippen molar-refractivity contribution in [3.63, 3.8) is 0 Å². The topological polar surface area (TPSA) is 130 Å². The van der Waals surface area contributed by atoms with Crippen LogP contribution in [0, 0.1) is 0 Å². The molecular weight excluding hydrogens is 212 g/mol. The van der Waals surface area contributed by atoms with E-state index in [2.05, 4.69) is 0 Å². The van der Waals surface area contributed by atoms with Crippen molar-refractivity contribution in [3.05, 3.63) is 0 Å². The van der Waals surface area contributed by atoms with Crippen LogP contribution >= 0.6 is 0 Å². The molecule has 0 aromatic heterocycles. The van der Waals surface area contributed by atoms with E-state index < -0.39 is 33.9 Å². The van der Waals surface area contributed by atoms with Gasteiger partial charge < -0.3 is 15.9 Å². The van der Waals surface area contributed by atoms with Crippen molar-refractivity contribution < 1.29 is 23.4 Å². The van der Waals surface area contributed by atoms with Gasteiger partial charge in [0.15, 0.2) is 5.75 Å². The number of nitrogens with two attached hydrogens (primary N) is 1. The maximum atomic E-state index is 10.9. The lowest BCUT2D eigenvalue weighted by Gasteiger charge is -2.14. The van der Waals surface area contributed by atoms with Gasteiger partial charge in [0.25, 0.3) is 0 Å². The van der Waals surface area contributed by atoms with Crippen LogP contribution in [-0.2, 0) is 14.8 Å². The molecule has 0 aromatic carbocycles. The number of carboxylic acids is 1. The fourth-order valence-corrected chi connectivity index (χ4v) is 1.48. The van der Waals surface area contributed by atoms with E-state index >= 15 is 0 Å². The molecule has 0 aromatic rings. The van der Waals surface area contributed by atoms with Gasteiger partial charge in [-0.25, -0.2) is 13.1 Å². The molecule has 0 fully saturated rings. The maximum Gasteiger partial charge on any atom is 0.320 e. The highest BCUT2D eigenvalue weighted by atomic mass is 32.2. The summed E-state index contributed by atoms with van der Waals surface area (Å²) in [5.41, 5.74) is 5.33. The molecule has 2 unspecified atom stereocenters. The molecule has 8 heteroatoms. The lowest BCUT2D eigenvalue weighted by molar-refractivity contribution is -0.134. The summed E-state index contributed by atoms with van der Waals surface area (Å²) in [6.45, 7) is 1.23. The number of aliphatic hydroxyl groups is 1. The van der Waals surface area contributed by atoms with E-state index in [9.17, 15) is 13.2 Å². The van der Waals surface area contributed by atoms with E-state index in [0.717, 1.165) is 0 Å². The first-order valence-electron chi connectivity index (χ1n) is 3.87. The summed E-state index contributed by atoms with van der Waals surface area (Å²) in [6.07, 6.45) is -0.859. The van der Waals surface area contributed by atoms with Crippen LogP contribution in [0.1, 0.15) is 6.92 Å². The van der Waals surface area contributed by atoms with Gasteiger partial charge in [0.1, 0.15) is 0 Å². The van der Waals surface area contributed by atoms with Crippen molar-refractivity contribution in [2.75, 3.05) is 12.3 Å². The number of nitrogens with one attached hydrogen (secondary N) is 1. The van der Waals surface area contributed by atoms with Gasteiger partial charge in [-0.2, -0.15) is 0 Å². The van der Waals surface area contributed by atoms with Crippen molar-refractivity contribution in [2.45, 2.75) is 19.1 Å². The fourth-order valence-electron chi connectivity index (χ4n) is 0.607. The second-order valence-electron chi connectivity index (χ2n) is 2.91. The molecule has 0 aliphatic heterocycles. The smallest absolute Gasteiger partial charge is 0.320 e. The van der Waals surface area contributed by atoms with Crippen LogP contribution in [-0.4, -0.2) is 49.0 Å². The lowest BCUT2D eigenvalue weighted by atomic mass is 10.2. The van der Waals surface area contributed by atoms with E-state index in [4.69, 9.17) is 15.9 Å². The van der Waals surface area contributed by atoms with Gasteiger partial charge in [0, 0.05) is 12.6 Å². The summed E-state index contributed by atoms with van der Waals surface area (Å²) < 4.78 is 23.9. The molecule has 2 atom stereocenters. The summed E-state index contributed by atoms with van der Waals surface area (Å²) in [4.78, 5) is 10.1. The molecular formula is C6H14N2O5S. The quantitative estimate of drug-likeness (QED) is 0.403. The molecule has 0 aliphatic rings. The first kappa shape index (κ1) is 13.3. The third kappa shape index (κ3) is 5.86. The number of carbonyl (C=O) groups is 1.